The van der Waals surface area contributed by atoms with Gasteiger partial charge < -0.3 is 4.74 Å². The van der Waals surface area contributed by atoms with Gasteiger partial charge in [0, 0.05) is 6.42 Å². The second-order valence-corrected chi connectivity index (χ2v) is 3.61. The number of benzene rings is 1. The van der Waals surface area contributed by atoms with Crippen LogP contribution in [0.3, 0.4) is 0 Å². The molecule has 0 aliphatic rings. The summed E-state index contributed by atoms with van der Waals surface area (Å²) in [5.41, 5.74) is -0.226. The van der Waals surface area contributed by atoms with Crippen molar-refractivity contribution in [2.45, 2.75) is 25.9 Å². The normalized spacial score (nSPS) is 10.9. The molecular weight excluding hydrogens is 160 g/mol. The van der Waals surface area contributed by atoms with Gasteiger partial charge in [-0.2, -0.15) is 0 Å². The highest BCUT2D eigenvalue weighted by molar-refractivity contribution is 5.21. The SMILES string of the molecule is [CH]=CCC(C)(C)Oc1ccccc1. The van der Waals surface area contributed by atoms with Gasteiger partial charge in [-0.05, 0) is 26.0 Å². The van der Waals surface area contributed by atoms with Crippen LogP contribution in [0.15, 0.2) is 36.4 Å². The second kappa shape index (κ2) is 4.13. The molecule has 1 aromatic rings. The fourth-order valence-electron chi connectivity index (χ4n) is 1.13. The molecule has 1 aromatic carbocycles. The van der Waals surface area contributed by atoms with Crippen molar-refractivity contribution in [1.29, 1.82) is 0 Å². The van der Waals surface area contributed by atoms with Gasteiger partial charge in [-0.1, -0.05) is 30.9 Å². The van der Waals surface area contributed by atoms with Crippen molar-refractivity contribution < 1.29 is 4.74 Å². The van der Waals surface area contributed by atoms with Crippen LogP contribution in [-0.4, -0.2) is 5.60 Å². The van der Waals surface area contributed by atoms with E-state index in [0.29, 0.717) is 0 Å². The molecule has 0 heterocycles. The minimum atomic E-state index is -0.226. The van der Waals surface area contributed by atoms with Crippen LogP contribution in [0.25, 0.3) is 0 Å². The molecule has 0 spiro atoms. The zero-order chi connectivity index (χ0) is 9.73. The van der Waals surface area contributed by atoms with Gasteiger partial charge in [0.25, 0.3) is 0 Å². The predicted molar refractivity (Wildman–Crippen MR) is 54.6 cm³/mol. The lowest BCUT2D eigenvalue weighted by atomic mass is 10.1. The van der Waals surface area contributed by atoms with Crippen LogP contribution in [0, 0.1) is 6.58 Å². The van der Waals surface area contributed by atoms with Gasteiger partial charge in [-0.3, -0.25) is 0 Å². The molecule has 0 amide bonds. The van der Waals surface area contributed by atoms with E-state index in [9.17, 15) is 0 Å². The molecule has 0 saturated carbocycles. The molecule has 0 saturated heterocycles. The quantitative estimate of drug-likeness (QED) is 0.682. The Balaban J connectivity index is 2.63. The maximum absolute atomic E-state index is 5.73. The number of rotatable bonds is 4. The molecule has 0 N–H and O–H groups in total. The summed E-state index contributed by atoms with van der Waals surface area (Å²) in [4.78, 5) is 0. The highest BCUT2D eigenvalue weighted by atomic mass is 16.5. The number of hydrogen-bond donors (Lipinski definition) is 0. The van der Waals surface area contributed by atoms with Gasteiger partial charge >= 0.3 is 0 Å². The van der Waals surface area contributed by atoms with Crippen LogP contribution in [0.2, 0.25) is 0 Å². The third-order valence-electron chi connectivity index (χ3n) is 1.75. The van der Waals surface area contributed by atoms with Crippen LogP contribution in [0.1, 0.15) is 20.3 Å². The Hall–Kier alpha value is -1.24. The fourth-order valence-corrected chi connectivity index (χ4v) is 1.13. The zero-order valence-electron chi connectivity index (χ0n) is 8.16. The molecular formula is C12H15O. The Morgan fingerprint density at radius 3 is 2.46 bits per heavy atom. The standard InChI is InChI=1S/C12H15O/c1-4-10-12(2,3)13-11-8-6-5-7-9-11/h1,4-9H,10H2,2-3H3. The summed E-state index contributed by atoms with van der Waals surface area (Å²) in [6.07, 6.45) is 2.37. The third-order valence-corrected chi connectivity index (χ3v) is 1.75. The van der Waals surface area contributed by atoms with Crippen LogP contribution in [-0.2, 0) is 0 Å². The summed E-state index contributed by atoms with van der Waals surface area (Å²) in [5.74, 6) is 0.884. The van der Waals surface area contributed by atoms with E-state index in [1.807, 2.05) is 44.2 Å². The van der Waals surface area contributed by atoms with Crippen molar-refractivity contribution in [3.63, 3.8) is 0 Å². The first-order valence-corrected chi connectivity index (χ1v) is 4.41. The van der Waals surface area contributed by atoms with Gasteiger partial charge in [-0.25, -0.2) is 0 Å². The van der Waals surface area contributed by atoms with E-state index in [0.717, 1.165) is 12.2 Å². The maximum atomic E-state index is 5.73. The van der Waals surface area contributed by atoms with Crippen LogP contribution in [0.4, 0.5) is 0 Å². The molecule has 1 heteroatoms. The van der Waals surface area contributed by atoms with Gasteiger partial charge in [0.05, 0.1) is 0 Å². The van der Waals surface area contributed by atoms with E-state index in [2.05, 4.69) is 0 Å². The van der Waals surface area contributed by atoms with E-state index in [1.165, 1.54) is 0 Å². The van der Waals surface area contributed by atoms with Crippen molar-refractivity contribution in [1.82, 2.24) is 0 Å². The topological polar surface area (TPSA) is 9.23 Å². The first-order valence-electron chi connectivity index (χ1n) is 4.41. The van der Waals surface area contributed by atoms with Gasteiger partial charge in [-0.15, -0.1) is 0 Å². The maximum Gasteiger partial charge on any atom is 0.120 e. The minimum Gasteiger partial charge on any atom is -0.488 e. The van der Waals surface area contributed by atoms with Crippen molar-refractivity contribution in [2.24, 2.45) is 0 Å². The number of hydrogen-bond acceptors (Lipinski definition) is 1. The third kappa shape index (κ3) is 3.32. The van der Waals surface area contributed by atoms with Crippen molar-refractivity contribution in [3.05, 3.63) is 43.0 Å². The zero-order valence-corrected chi connectivity index (χ0v) is 8.16. The van der Waals surface area contributed by atoms with Gasteiger partial charge in [0.2, 0.25) is 0 Å². The molecule has 0 aromatic heterocycles. The Kier molecular flexibility index (Phi) is 3.13. The lowest BCUT2D eigenvalue weighted by Gasteiger charge is -2.24. The summed E-state index contributed by atoms with van der Waals surface area (Å²) in [6.45, 7) is 9.40. The highest BCUT2D eigenvalue weighted by Gasteiger charge is 2.17. The van der Waals surface area contributed by atoms with Crippen LogP contribution < -0.4 is 4.74 Å². The molecule has 1 nitrogen and oxygen atoms in total. The van der Waals surface area contributed by atoms with E-state index >= 15 is 0 Å². The summed E-state index contributed by atoms with van der Waals surface area (Å²) in [6, 6.07) is 9.76. The molecule has 0 unspecified atom stereocenters. The summed E-state index contributed by atoms with van der Waals surface area (Å²) in [7, 11) is 0. The molecule has 0 bridgehead atoms. The highest BCUT2D eigenvalue weighted by Crippen LogP contribution is 2.20. The molecule has 1 rings (SSSR count). The summed E-state index contributed by atoms with van der Waals surface area (Å²) < 4.78 is 5.73. The summed E-state index contributed by atoms with van der Waals surface area (Å²) in [5, 5.41) is 0. The molecule has 0 aliphatic carbocycles. The van der Waals surface area contributed by atoms with Crippen molar-refractivity contribution >= 4 is 0 Å². The molecule has 1 radical (unpaired) electrons. The van der Waals surface area contributed by atoms with Crippen molar-refractivity contribution in [2.75, 3.05) is 0 Å². The molecule has 13 heavy (non-hydrogen) atoms. The van der Waals surface area contributed by atoms with E-state index in [-0.39, 0.29) is 5.60 Å². The fraction of sp³-hybridized carbons (Fsp3) is 0.333. The van der Waals surface area contributed by atoms with E-state index in [4.69, 9.17) is 11.3 Å². The Morgan fingerprint density at radius 1 is 1.31 bits per heavy atom. The first kappa shape index (κ1) is 9.85. The molecule has 69 valence electrons. The summed E-state index contributed by atoms with van der Waals surface area (Å²) >= 11 is 0. The monoisotopic (exact) mass is 175 g/mol. The van der Waals surface area contributed by atoms with Crippen LogP contribution in [0.5, 0.6) is 5.75 Å². The molecule has 0 fully saturated rings. The Morgan fingerprint density at radius 2 is 1.92 bits per heavy atom. The Bertz CT molecular complexity index is 262. The second-order valence-electron chi connectivity index (χ2n) is 3.61. The van der Waals surface area contributed by atoms with E-state index < -0.39 is 0 Å². The molecule has 0 atom stereocenters. The van der Waals surface area contributed by atoms with Gasteiger partial charge in [0.1, 0.15) is 11.4 Å². The minimum absolute atomic E-state index is 0.226. The smallest absolute Gasteiger partial charge is 0.120 e. The average Bonchev–Trinajstić information content (AvgIpc) is 2.04. The van der Waals surface area contributed by atoms with Gasteiger partial charge in [0.15, 0.2) is 0 Å². The largest absolute Gasteiger partial charge is 0.488 e. The lowest BCUT2D eigenvalue weighted by Crippen LogP contribution is -2.27. The lowest BCUT2D eigenvalue weighted by molar-refractivity contribution is 0.113. The predicted octanol–water partition coefficient (Wildman–Crippen LogP) is 3.22. The first-order chi connectivity index (χ1) is 6.14. The molecule has 0 aliphatic heterocycles. The average molecular weight is 175 g/mol. The number of para-hydroxylation sites is 1. The van der Waals surface area contributed by atoms with Crippen LogP contribution >= 0.6 is 0 Å². The Labute approximate surface area is 80.0 Å². The number of ether oxygens (including phenoxy) is 1. The van der Waals surface area contributed by atoms with Crippen molar-refractivity contribution in [3.8, 4) is 5.75 Å². The van der Waals surface area contributed by atoms with E-state index in [1.54, 1.807) is 6.08 Å².